The third kappa shape index (κ3) is 4.03. The zero-order valence-corrected chi connectivity index (χ0v) is 14.2. The lowest BCUT2D eigenvalue weighted by Gasteiger charge is -2.14. The lowest BCUT2D eigenvalue weighted by Crippen LogP contribution is -2.19. The molecule has 0 saturated heterocycles. The molecule has 1 N–H and O–H groups in total. The Morgan fingerprint density at radius 2 is 1.71 bits per heavy atom. The summed E-state index contributed by atoms with van der Waals surface area (Å²) < 4.78 is 5.85. The Morgan fingerprint density at radius 1 is 1.00 bits per heavy atom. The van der Waals surface area contributed by atoms with Gasteiger partial charge < -0.3 is 9.64 Å². The van der Waals surface area contributed by atoms with Crippen molar-refractivity contribution < 1.29 is 4.74 Å². The number of nitrogens with zero attached hydrogens (tertiary/aromatic N) is 2. The van der Waals surface area contributed by atoms with Gasteiger partial charge in [-0.05, 0) is 49.8 Å². The Labute approximate surface area is 143 Å². The molecule has 0 aliphatic heterocycles. The fourth-order valence-corrected chi connectivity index (χ4v) is 2.73. The van der Waals surface area contributed by atoms with Gasteiger partial charge in [-0.15, -0.1) is 0 Å². The lowest BCUT2D eigenvalue weighted by atomic mass is 10.1. The molecule has 1 heterocycles. The maximum atomic E-state index is 5.85. The van der Waals surface area contributed by atoms with Crippen molar-refractivity contribution in [1.82, 2.24) is 15.1 Å². The summed E-state index contributed by atoms with van der Waals surface area (Å²) in [7, 11) is 2.12. The molecule has 2 aromatic carbocycles. The molecule has 0 bridgehead atoms. The fraction of sp³-hybridized carbons (Fsp3) is 0.250. The van der Waals surface area contributed by atoms with Gasteiger partial charge in [0, 0.05) is 18.3 Å². The minimum Gasteiger partial charge on any atom is -0.457 e. The predicted octanol–water partition coefficient (Wildman–Crippen LogP) is 4.71. The Morgan fingerprint density at radius 3 is 2.42 bits per heavy atom. The topological polar surface area (TPSA) is 41.2 Å². The van der Waals surface area contributed by atoms with E-state index in [1.165, 1.54) is 0 Å². The summed E-state index contributed by atoms with van der Waals surface area (Å²) in [6.07, 6.45) is 3.10. The molecule has 1 aromatic heterocycles. The van der Waals surface area contributed by atoms with Gasteiger partial charge in [0.05, 0.1) is 5.69 Å². The summed E-state index contributed by atoms with van der Waals surface area (Å²) in [5.74, 6) is 1.67. The highest BCUT2D eigenvalue weighted by atomic mass is 16.5. The van der Waals surface area contributed by atoms with Crippen molar-refractivity contribution in [3.63, 3.8) is 0 Å². The molecule has 0 amide bonds. The van der Waals surface area contributed by atoms with Crippen LogP contribution in [0, 0.1) is 0 Å². The molecule has 3 aromatic rings. The first-order chi connectivity index (χ1) is 11.8. The minimum atomic E-state index is 0.832. The zero-order valence-electron chi connectivity index (χ0n) is 14.2. The Balaban J connectivity index is 1.73. The van der Waals surface area contributed by atoms with Gasteiger partial charge in [-0.2, -0.15) is 5.10 Å². The van der Waals surface area contributed by atoms with Crippen molar-refractivity contribution in [3.8, 4) is 22.6 Å². The van der Waals surface area contributed by atoms with E-state index in [0.29, 0.717) is 0 Å². The number of benzene rings is 2. The van der Waals surface area contributed by atoms with Crippen LogP contribution in [0.3, 0.4) is 0 Å². The van der Waals surface area contributed by atoms with Crippen molar-refractivity contribution in [2.45, 2.75) is 19.9 Å². The van der Waals surface area contributed by atoms with Gasteiger partial charge in [0.2, 0.25) is 0 Å². The van der Waals surface area contributed by atoms with E-state index in [9.17, 15) is 0 Å². The van der Waals surface area contributed by atoms with Gasteiger partial charge in [0.1, 0.15) is 11.5 Å². The van der Waals surface area contributed by atoms with Crippen LogP contribution in [0.4, 0.5) is 0 Å². The van der Waals surface area contributed by atoms with Crippen molar-refractivity contribution in [2.75, 3.05) is 13.6 Å². The average Bonchev–Trinajstić information content (AvgIpc) is 3.05. The number of ether oxygens (including phenoxy) is 1. The smallest absolute Gasteiger partial charge is 0.127 e. The summed E-state index contributed by atoms with van der Waals surface area (Å²) in [4.78, 5) is 2.28. The summed E-state index contributed by atoms with van der Waals surface area (Å²) in [5, 5.41) is 7.40. The number of hydrogen-bond donors (Lipinski definition) is 1. The molecule has 124 valence electrons. The van der Waals surface area contributed by atoms with Crippen LogP contribution in [0.2, 0.25) is 0 Å². The van der Waals surface area contributed by atoms with Crippen LogP contribution in [-0.4, -0.2) is 28.7 Å². The molecule has 0 aliphatic rings. The molecule has 0 atom stereocenters. The third-order valence-corrected chi connectivity index (χ3v) is 3.89. The van der Waals surface area contributed by atoms with E-state index >= 15 is 0 Å². The minimum absolute atomic E-state index is 0.832. The van der Waals surface area contributed by atoms with Crippen molar-refractivity contribution in [2.24, 2.45) is 0 Å². The van der Waals surface area contributed by atoms with E-state index < -0.39 is 0 Å². The van der Waals surface area contributed by atoms with E-state index in [1.54, 1.807) is 0 Å². The number of aromatic amines is 1. The third-order valence-electron chi connectivity index (χ3n) is 3.89. The highest BCUT2D eigenvalue weighted by molar-refractivity contribution is 5.66. The highest BCUT2D eigenvalue weighted by Gasteiger charge is 2.10. The molecule has 4 nitrogen and oxygen atoms in total. The number of hydrogen-bond acceptors (Lipinski definition) is 3. The van der Waals surface area contributed by atoms with Crippen molar-refractivity contribution >= 4 is 0 Å². The number of nitrogens with one attached hydrogen (secondary N) is 1. The molecule has 0 radical (unpaired) electrons. The summed E-state index contributed by atoms with van der Waals surface area (Å²) >= 11 is 0. The fourth-order valence-electron chi connectivity index (χ4n) is 2.73. The Kier molecular flexibility index (Phi) is 5.29. The van der Waals surface area contributed by atoms with E-state index in [1.807, 2.05) is 48.7 Å². The second-order valence-corrected chi connectivity index (χ2v) is 5.92. The van der Waals surface area contributed by atoms with E-state index in [4.69, 9.17) is 4.74 Å². The van der Waals surface area contributed by atoms with Crippen LogP contribution in [0.5, 0.6) is 11.5 Å². The van der Waals surface area contributed by atoms with Gasteiger partial charge in [-0.1, -0.05) is 37.3 Å². The average molecular weight is 321 g/mol. The van der Waals surface area contributed by atoms with Gasteiger partial charge in [0.25, 0.3) is 0 Å². The molecule has 24 heavy (non-hydrogen) atoms. The quantitative estimate of drug-likeness (QED) is 0.685. The number of aromatic nitrogens is 2. The summed E-state index contributed by atoms with van der Waals surface area (Å²) in [5.41, 5.74) is 3.36. The number of para-hydroxylation sites is 1. The molecular formula is C20H23N3O. The molecular weight excluding hydrogens is 298 g/mol. The first kappa shape index (κ1) is 16.3. The van der Waals surface area contributed by atoms with Gasteiger partial charge in [-0.25, -0.2) is 0 Å². The van der Waals surface area contributed by atoms with Crippen LogP contribution in [0.15, 0.2) is 60.8 Å². The van der Waals surface area contributed by atoms with Crippen LogP contribution in [0.1, 0.15) is 19.0 Å². The Hall–Kier alpha value is -2.59. The Bertz CT molecular complexity index is 750. The van der Waals surface area contributed by atoms with Gasteiger partial charge in [-0.3, -0.25) is 5.10 Å². The normalized spacial score (nSPS) is 11.0. The zero-order chi connectivity index (χ0) is 16.8. The molecule has 0 unspecified atom stereocenters. The predicted molar refractivity (Wildman–Crippen MR) is 97.2 cm³/mol. The second kappa shape index (κ2) is 7.79. The van der Waals surface area contributed by atoms with Crippen molar-refractivity contribution in [3.05, 3.63) is 66.5 Å². The molecule has 0 spiro atoms. The second-order valence-electron chi connectivity index (χ2n) is 5.92. The SMILES string of the molecule is CCCN(C)Cc1n[nH]cc1-c1ccc(Oc2ccccc2)cc1. The van der Waals surface area contributed by atoms with Gasteiger partial charge in [0.15, 0.2) is 0 Å². The molecule has 0 fully saturated rings. The van der Waals surface area contributed by atoms with Crippen LogP contribution in [-0.2, 0) is 6.54 Å². The van der Waals surface area contributed by atoms with E-state index in [-0.39, 0.29) is 0 Å². The van der Waals surface area contributed by atoms with Crippen LogP contribution >= 0.6 is 0 Å². The number of rotatable bonds is 7. The molecule has 4 heteroatoms. The largest absolute Gasteiger partial charge is 0.457 e. The maximum Gasteiger partial charge on any atom is 0.127 e. The first-order valence-electron chi connectivity index (χ1n) is 8.31. The maximum absolute atomic E-state index is 5.85. The lowest BCUT2D eigenvalue weighted by molar-refractivity contribution is 0.324. The van der Waals surface area contributed by atoms with Crippen LogP contribution in [0.25, 0.3) is 11.1 Å². The number of H-pyrrole nitrogens is 1. The summed E-state index contributed by atoms with van der Waals surface area (Å²) in [6.45, 7) is 4.10. The first-order valence-corrected chi connectivity index (χ1v) is 8.31. The van der Waals surface area contributed by atoms with Crippen LogP contribution < -0.4 is 4.74 Å². The summed E-state index contributed by atoms with van der Waals surface area (Å²) in [6, 6.07) is 18.0. The monoisotopic (exact) mass is 321 g/mol. The van der Waals surface area contributed by atoms with E-state index in [2.05, 4.69) is 41.2 Å². The molecule has 0 saturated carbocycles. The highest BCUT2D eigenvalue weighted by Crippen LogP contribution is 2.27. The van der Waals surface area contributed by atoms with E-state index in [0.717, 1.165) is 47.8 Å². The van der Waals surface area contributed by atoms with Crippen molar-refractivity contribution in [1.29, 1.82) is 0 Å². The standard InChI is InChI=1S/C20H23N3O/c1-3-13-23(2)15-20-19(14-21-22-20)16-9-11-18(12-10-16)24-17-7-5-4-6-8-17/h4-12,14H,3,13,15H2,1-2H3,(H,21,22). The molecule has 0 aliphatic carbocycles. The van der Waals surface area contributed by atoms with Gasteiger partial charge >= 0.3 is 0 Å². The molecule has 3 rings (SSSR count).